The summed E-state index contributed by atoms with van der Waals surface area (Å²) in [6.07, 6.45) is 0.228. The fraction of sp³-hybridized carbons (Fsp3) is 0.257. The molecule has 45 heavy (non-hydrogen) atoms. The Hall–Kier alpha value is -3.85. The third-order valence-electron chi connectivity index (χ3n) is 7.26. The van der Waals surface area contributed by atoms with Crippen LogP contribution < -0.4 is 9.62 Å². The third kappa shape index (κ3) is 9.10. The first-order valence-corrected chi connectivity index (χ1v) is 16.8. The fourth-order valence-corrected chi connectivity index (χ4v) is 6.72. The Morgan fingerprint density at radius 1 is 0.800 bits per heavy atom. The highest BCUT2D eigenvalue weighted by molar-refractivity contribution is 7.92. The average molecular weight is 667 g/mol. The Morgan fingerprint density at radius 3 is 2.09 bits per heavy atom. The lowest BCUT2D eigenvalue weighted by Crippen LogP contribution is -2.53. The number of amides is 2. The molecule has 7 nitrogen and oxygen atoms in total. The molecule has 0 aliphatic rings. The van der Waals surface area contributed by atoms with E-state index in [9.17, 15) is 18.0 Å². The fourth-order valence-electron chi connectivity index (χ4n) is 4.90. The van der Waals surface area contributed by atoms with E-state index in [-0.39, 0.29) is 29.7 Å². The first kappa shape index (κ1) is 34.0. The van der Waals surface area contributed by atoms with Crippen molar-refractivity contribution in [1.29, 1.82) is 0 Å². The van der Waals surface area contributed by atoms with Gasteiger partial charge in [0.2, 0.25) is 11.8 Å². The number of hydrogen-bond acceptors (Lipinski definition) is 4. The Morgan fingerprint density at radius 2 is 1.44 bits per heavy atom. The lowest BCUT2D eigenvalue weighted by Gasteiger charge is -2.34. The van der Waals surface area contributed by atoms with E-state index in [0.717, 1.165) is 9.87 Å². The first-order valence-electron chi connectivity index (χ1n) is 14.6. The molecule has 4 aromatic rings. The van der Waals surface area contributed by atoms with Gasteiger partial charge in [0.05, 0.1) is 10.6 Å². The summed E-state index contributed by atoms with van der Waals surface area (Å²) in [7, 11) is -4.22. The van der Waals surface area contributed by atoms with Gasteiger partial charge in [0, 0.05) is 29.6 Å². The van der Waals surface area contributed by atoms with Crippen molar-refractivity contribution in [2.75, 3.05) is 17.4 Å². The monoisotopic (exact) mass is 665 g/mol. The summed E-state index contributed by atoms with van der Waals surface area (Å²) < 4.78 is 29.4. The number of nitrogens with zero attached hydrogens (tertiary/aromatic N) is 2. The third-order valence-corrected chi connectivity index (χ3v) is 9.52. The summed E-state index contributed by atoms with van der Waals surface area (Å²) in [5, 5.41) is 3.85. The van der Waals surface area contributed by atoms with Crippen molar-refractivity contribution in [1.82, 2.24) is 10.2 Å². The maximum atomic E-state index is 14.5. The van der Waals surface area contributed by atoms with Gasteiger partial charge in [-0.3, -0.25) is 13.9 Å². The van der Waals surface area contributed by atoms with Crippen LogP contribution in [0.1, 0.15) is 30.5 Å². The topological polar surface area (TPSA) is 86.8 Å². The van der Waals surface area contributed by atoms with Gasteiger partial charge >= 0.3 is 0 Å². The average Bonchev–Trinajstić information content (AvgIpc) is 3.01. The number of hydrogen-bond donors (Lipinski definition) is 1. The van der Waals surface area contributed by atoms with Crippen LogP contribution in [0.5, 0.6) is 0 Å². The zero-order valence-electron chi connectivity index (χ0n) is 25.5. The van der Waals surface area contributed by atoms with Gasteiger partial charge in [-0.25, -0.2) is 8.42 Å². The number of benzene rings is 4. The van der Waals surface area contributed by atoms with E-state index in [1.165, 1.54) is 29.2 Å². The van der Waals surface area contributed by atoms with Crippen molar-refractivity contribution < 1.29 is 18.0 Å². The zero-order chi connectivity index (χ0) is 32.6. The second kappa shape index (κ2) is 15.4. The SMILES string of the molecule is Cc1ccccc1N(CC(=O)N(Cc1cccc(Cl)c1)[C@H](Cc1ccccc1)C(=O)NCC(C)C)S(=O)(=O)c1ccc(Cl)cc1. The standard InChI is InChI=1S/C35H37Cl2N3O4S/c1-25(2)22-38-35(42)33(21-27-11-5-4-6-12-27)39(23-28-13-9-14-30(37)20-28)34(41)24-40(32-15-8-7-10-26(32)3)45(43,44)31-18-16-29(36)17-19-31/h4-20,25,33H,21-24H2,1-3H3,(H,38,42)/t33-/m1/s1. The van der Waals surface area contributed by atoms with Crippen LogP contribution in [-0.4, -0.2) is 44.3 Å². The summed E-state index contributed by atoms with van der Waals surface area (Å²) in [4.78, 5) is 29.8. The van der Waals surface area contributed by atoms with Crippen molar-refractivity contribution >= 4 is 50.7 Å². The molecule has 0 aliphatic heterocycles. The van der Waals surface area contributed by atoms with E-state index < -0.39 is 28.5 Å². The molecule has 236 valence electrons. The molecular weight excluding hydrogens is 629 g/mol. The van der Waals surface area contributed by atoms with Crippen molar-refractivity contribution in [3.63, 3.8) is 0 Å². The van der Waals surface area contributed by atoms with Crippen LogP contribution in [-0.2, 0) is 32.6 Å². The summed E-state index contributed by atoms with van der Waals surface area (Å²) in [5.74, 6) is -0.688. The van der Waals surface area contributed by atoms with E-state index in [4.69, 9.17) is 23.2 Å². The number of carbonyl (C=O) groups is 2. The van der Waals surface area contributed by atoms with E-state index in [2.05, 4.69) is 5.32 Å². The normalized spacial score (nSPS) is 12.0. The molecule has 2 amide bonds. The molecule has 0 heterocycles. The number of anilines is 1. The number of para-hydroxylation sites is 1. The van der Waals surface area contributed by atoms with Gasteiger partial charge in [0.15, 0.2) is 0 Å². The maximum absolute atomic E-state index is 14.5. The lowest BCUT2D eigenvalue weighted by atomic mass is 10.0. The quantitative estimate of drug-likeness (QED) is 0.168. The summed E-state index contributed by atoms with van der Waals surface area (Å²) >= 11 is 12.4. The Balaban J connectivity index is 1.81. The molecule has 0 radical (unpaired) electrons. The molecule has 1 atom stereocenters. The molecule has 10 heteroatoms. The molecule has 0 aliphatic carbocycles. The number of sulfonamides is 1. The van der Waals surface area contributed by atoms with Crippen molar-refractivity contribution in [2.45, 2.75) is 44.7 Å². The number of rotatable bonds is 13. The molecule has 0 bridgehead atoms. The molecular formula is C35H37Cl2N3O4S. The van der Waals surface area contributed by atoms with Crippen LogP contribution in [0.2, 0.25) is 10.0 Å². The lowest BCUT2D eigenvalue weighted by molar-refractivity contribution is -0.140. The number of nitrogens with one attached hydrogen (secondary N) is 1. The molecule has 0 fully saturated rings. The maximum Gasteiger partial charge on any atom is 0.264 e. The van der Waals surface area contributed by atoms with E-state index in [1.54, 1.807) is 49.4 Å². The number of aryl methyl sites for hydroxylation is 1. The van der Waals surface area contributed by atoms with Gasteiger partial charge in [-0.15, -0.1) is 0 Å². The van der Waals surface area contributed by atoms with E-state index in [0.29, 0.717) is 33.4 Å². The summed E-state index contributed by atoms with van der Waals surface area (Å²) in [6.45, 7) is 5.68. The zero-order valence-corrected chi connectivity index (χ0v) is 27.8. The van der Waals surface area contributed by atoms with Gasteiger partial charge in [0.1, 0.15) is 12.6 Å². The number of carbonyl (C=O) groups excluding carboxylic acids is 2. The van der Waals surface area contributed by atoms with E-state index in [1.807, 2.05) is 50.2 Å². The van der Waals surface area contributed by atoms with Crippen LogP contribution in [0.4, 0.5) is 5.69 Å². The van der Waals surface area contributed by atoms with Gasteiger partial charge in [-0.1, -0.05) is 97.7 Å². The van der Waals surface area contributed by atoms with Gasteiger partial charge in [0.25, 0.3) is 10.0 Å². The minimum atomic E-state index is -4.22. The van der Waals surface area contributed by atoms with Crippen molar-refractivity contribution in [3.05, 3.63) is 130 Å². The van der Waals surface area contributed by atoms with Crippen LogP contribution in [0.25, 0.3) is 0 Å². The molecule has 0 unspecified atom stereocenters. The highest BCUT2D eigenvalue weighted by atomic mass is 35.5. The Bertz CT molecular complexity index is 1710. The molecule has 4 aromatic carbocycles. The van der Waals surface area contributed by atoms with Crippen LogP contribution >= 0.6 is 23.2 Å². The van der Waals surface area contributed by atoms with Gasteiger partial charge in [-0.2, -0.15) is 0 Å². The van der Waals surface area contributed by atoms with Crippen LogP contribution in [0, 0.1) is 12.8 Å². The molecule has 0 saturated carbocycles. The summed E-state index contributed by atoms with van der Waals surface area (Å²) in [5.41, 5.74) is 2.58. The Labute approximate surface area is 275 Å². The van der Waals surface area contributed by atoms with Crippen LogP contribution in [0.15, 0.2) is 108 Å². The van der Waals surface area contributed by atoms with Gasteiger partial charge in [-0.05, 0) is 72.0 Å². The minimum absolute atomic E-state index is 0.0140. The molecule has 1 N–H and O–H groups in total. The highest BCUT2D eigenvalue weighted by Gasteiger charge is 2.35. The predicted molar refractivity (Wildman–Crippen MR) is 181 cm³/mol. The minimum Gasteiger partial charge on any atom is -0.354 e. The summed E-state index contributed by atoms with van der Waals surface area (Å²) in [6, 6.07) is 28.3. The number of halogens is 2. The smallest absolute Gasteiger partial charge is 0.264 e. The van der Waals surface area contributed by atoms with E-state index >= 15 is 0 Å². The highest BCUT2D eigenvalue weighted by Crippen LogP contribution is 2.28. The second-order valence-corrected chi connectivity index (χ2v) is 14.0. The largest absolute Gasteiger partial charge is 0.354 e. The van der Waals surface area contributed by atoms with Crippen molar-refractivity contribution in [2.24, 2.45) is 5.92 Å². The molecule has 0 spiro atoms. The van der Waals surface area contributed by atoms with Crippen molar-refractivity contribution in [3.8, 4) is 0 Å². The predicted octanol–water partition coefficient (Wildman–Crippen LogP) is 6.91. The van der Waals surface area contributed by atoms with Crippen LogP contribution in [0.3, 0.4) is 0 Å². The molecule has 0 aromatic heterocycles. The first-order chi connectivity index (χ1) is 21.5. The Kier molecular flexibility index (Phi) is 11.7. The second-order valence-electron chi connectivity index (χ2n) is 11.2. The molecule has 0 saturated heterocycles. The molecule has 4 rings (SSSR count). The van der Waals surface area contributed by atoms with Gasteiger partial charge < -0.3 is 10.2 Å².